The first-order valence-electron chi connectivity index (χ1n) is 15.0. The Morgan fingerprint density at radius 2 is 1.47 bits per heavy atom. The summed E-state index contributed by atoms with van der Waals surface area (Å²) in [5.74, 6) is -1.07. The van der Waals surface area contributed by atoms with Crippen LogP contribution in [0.1, 0.15) is 80.7 Å². The Kier molecular flexibility index (Phi) is 9.16. The normalized spacial score (nSPS) is 15.3. The van der Waals surface area contributed by atoms with Crippen LogP contribution in [0.3, 0.4) is 0 Å². The lowest BCUT2D eigenvalue weighted by molar-refractivity contribution is -0.156. The van der Waals surface area contributed by atoms with E-state index in [2.05, 4.69) is 24.3 Å². The minimum atomic E-state index is -0.937. The van der Waals surface area contributed by atoms with E-state index >= 15 is 0 Å². The van der Waals surface area contributed by atoms with E-state index in [1.165, 1.54) is 4.90 Å². The quantitative estimate of drug-likeness (QED) is 0.233. The molecule has 2 N–H and O–H groups in total. The van der Waals surface area contributed by atoms with E-state index in [0.29, 0.717) is 5.56 Å². The average Bonchev–Trinajstić information content (AvgIpc) is 3.60. The van der Waals surface area contributed by atoms with Gasteiger partial charge in [0, 0.05) is 12.5 Å². The van der Waals surface area contributed by atoms with Gasteiger partial charge >= 0.3 is 18.0 Å². The number of nitrogens with two attached hydrogens (primary N) is 1. The van der Waals surface area contributed by atoms with Gasteiger partial charge in [0.15, 0.2) is 0 Å². The molecular weight excluding hydrogens is 544 g/mol. The molecule has 3 aromatic rings. The van der Waals surface area contributed by atoms with Gasteiger partial charge in [-0.05, 0) is 79.8 Å². The van der Waals surface area contributed by atoms with Gasteiger partial charge in [-0.1, -0.05) is 72.8 Å². The Labute approximate surface area is 253 Å². The standard InChI is InChI=1S/C35H40N2O6/c1-35(2,3)43-33(39)32(36)24-18-16-23(17-19-24)20-37(21-31(38)42-25-10-4-5-11-25)34(40)41-22-30-28-14-8-6-12-26(28)27-13-7-9-15-29(27)30/h6-9,12-19,25,30,32H,4-5,10-11,20-22,36H2,1-3H3. The first-order valence-corrected chi connectivity index (χ1v) is 15.0. The van der Waals surface area contributed by atoms with Crippen molar-refractivity contribution in [3.63, 3.8) is 0 Å². The number of amides is 1. The summed E-state index contributed by atoms with van der Waals surface area (Å²) in [5, 5.41) is 0. The van der Waals surface area contributed by atoms with Crippen LogP contribution in [-0.2, 0) is 30.3 Å². The summed E-state index contributed by atoms with van der Waals surface area (Å²) in [5.41, 5.74) is 11.3. The Balaban J connectivity index is 1.29. The van der Waals surface area contributed by atoms with Crippen LogP contribution in [0.4, 0.5) is 4.79 Å². The fourth-order valence-electron chi connectivity index (χ4n) is 5.81. The molecule has 8 heteroatoms. The fourth-order valence-corrected chi connectivity index (χ4v) is 5.81. The van der Waals surface area contributed by atoms with Crippen molar-refractivity contribution in [2.45, 2.75) is 76.7 Å². The van der Waals surface area contributed by atoms with Crippen molar-refractivity contribution in [3.8, 4) is 11.1 Å². The van der Waals surface area contributed by atoms with Gasteiger partial charge in [-0.3, -0.25) is 9.69 Å². The van der Waals surface area contributed by atoms with Gasteiger partial charge in [0.05, 0.1) is 0 Å². The highest BCUT2D eigenvalue weighted by Crippen LogP contribution is 2.44. The molecule has 0 saturated heterocycles. The molecule has 1 fully saturated rings. The number of hydrogen-bond acceptors (Lipinski definition) is 7. The van der Waals surface area contributed by atoms with Crippen LogP contribution in [0, 0.1) is 0 Å². The second kappa shape index (κ2) is 13.0. The van der Waals surface area contributed by atoms with Gasteiger partial charge in [0.1, 0.15) is 30.9 Å². The minimum Gasteiger partial charge on any atom is -0.461 e. The first-order chi connectivity index (χ1) is 20.6. The second-order valence-corrected chi connectivity index (χ2v) is 12.3. The smallest absolute Gasteiger partial charge is 0.410 e. The van der Waals surface area contributed by atoms with Crippen molar-refractivity contribution < 1.29 is 28.6 Å². The zero-order chi connectivity index (χ0) is 30.6. The summed E-state index contributed by atoms with van der Waals surface area (Å²) in [6.45, 7) is 5.40. The first kappa shape index (κ1) is 30.3. The van der Waals surface area contributed by atoms with E-state index < -0.39 is 29.7 Å². The van der Waals surface area contributed by atoms with Crippen LogP contribution >= 0.6 is 0 Å². The van der Waals surface area contributed by atoms with E-state index in [1.54, 1.807) is 45.0 Å². The molecule has 2 aliphatic rings. The Hall–Kier alpha value is -4.17. The summed E-state index contributed by atoms with van der Waals surface area (Å²) >= 11 is 0. The van der Waals surface area contributed by atoms with Crippen LogP contribution in [0.5, 0.6) is 0 Å². The number of esters is 2. The third-order valence-electron chi connectivity index (χ3n) is 7.89. The molecule has 43 heavy (non-hydrogen) atoms. The van der Waals surface area contributed by atoms with Crippen molar-refractivity contribution in [1.29, 1.82) is 0 Å². The number of carbonyl (C=O) groups is 3. The van der Waals surface area contributed by atoms with Crippen molar-refractivity contribution >= 4 is 18.0 Å². The molecule has 0 bridgehead atoms. The Morgan fingerprint density at radius 3 is 2.05 bits per heavy atom. The topological polar surface area (TPSA) is 108 Å². The van der Waals surface area contributed by atoms with Crippen LogP contribution in [-0.4, -0.2) is 47.8 Å². The molecule has 1 atom stereocenters. The molecule has 3 aromatic carbocycles. The highest BCUT2D eigenvalue weighted by atomic mass is 16.6. The summed E-state index contributed by atoms with van der Waals surface area (Å²) in [6.07, 6.45) is 3.05. The highest BCUT2D eigenvalue weighted by molar-refractivity contribution is 5.80. The van der Waals surface area contributed by atoms with E-state index in [0.717, 1.165) is 53.5 Å². The predicted molar refractivity (Wildman–Crippen MR) is 163 cm³/mol. The van der Waals surface area contributed by atoms with E-state index in [4.69, 9.17) is 19.9 Å². The van der Waals surface area contributed by atoms with E-state index in [-0.39, 0.29) is 31.7 Å². The highest BCUT2D eigenvalue weighted by Gasteiger charge is 2.31. The van der Waals surface area contributed by atoms with Crippen molar-refractivity contribution in [3.05, 3.63) is 95.1 Å². The molecule has 8 nitrogen and oxygen atoms in total. The average molecular weight is 585 g/mol. The van der Waals surface area contributed by atoms with Crippen molar-refractivity contribution in [2.75, 3.05) is 13.2 Å². The van der Waals surface area contributed by atoms with Gasteiger partial charge in [-0.15, -0.1) is 0 Å². The summed E-state index contributed by atoms with van der Waals surface area (Å²) in [6, 6.07) is 22.4. The maximum Gasteiger partial charge on any atom is 0.410 e. The molecule has 1 unspecified atom stereocenters. The molecule has 1 saturated carbocycles. The van der Waals surface area contributed by atoms with Crippen molar-refractivity contribution in [2.24, 2.45) is 5.73 Å². The van der Waals surface area contributed by atoms with Gasteiger partial charge in [-0.25, -0.2) is 9.59 Å². The lowest BCUT2D eigenvalue weighted by atomic mass is 9.98. The fraction of sp³-hybridized carbons (Fsp3) is 0.400. The number of carbonyl (C=O) groups excluding carboxylic acids is 3. The molecule has 0 aromatic heterocycles. The maximum absolute atomic E-state index is 13.5. The number of fused-ring (bicyclic) bond motifs is 3. The summed E-state index contributed by atoms with van der Waals surface area (Å²) in [7, 11) is 0. The van der Waals surface area contributed by atoms with Crippen molar-refractivity contribution in [1.82, 2.24) is 4.90 Å². The van der Waals surface area contributed by atoms with E-state index in [1.807, 2.05) is 24.3 Å². The molecule has 0 spiro atoms. The van der Waals surface area contributed by atoms with Gasteiger partial charge in [0.25, 0.3) is 0 Å². The number of ether oxygens (including phenoxy) is 3. The molecule has 2 aliphatic carbocycles. The lowest BCUT2D eigenvalue weighted by Gasteiger charge is -2.24. The third-order valence-corrected chi connectivity index (χ3v) is 7.89. The second-order valence-electron chi connectivity index (χ2n) is 12.3. The largest absolute Gasteiger partial charge is 0.461 e. The van der Waals surface area contributed by atoms with Crippen LogP contribution in [0.2, 0.25) is 0 Å². The molecule has 5 rings (SSSR count). The van der Waals surface area contributed by atoms with Gasteiger partial charge in [0.2, 0.25) is 0 Å². The molecule has 0 heterocycles. The Morgan fingerprint density at radius 1 is 0.884 bits per heavy atom. The monoisotopic (exact) mass is 584 g/mol. The lowest BCUT2D eigenvalue weighted by Crippen LogP contribution is -2.38. The number of rotatable bonds is 9. The molecule has 0 radical (unpaired) electrons. The molecule has 0 aliphatic heterocycles. The molecule has 1 amide bonds. The zero-order valence-electron chi connectivity index (χ0n) is 25.1. The summed E-state index contributed by atoms with van der Waals surface area (Å²) in [4.78, 5) is 40.2. The van der Waals surface area contributed by atoms with Gasteiger partial charge < -0.3 is 19.9 Å². The van der Waals surface area contributed by atoms with Crippen LogP contribution in [0.25, 0.3) is 11.1 Å². The SMILES string of the molecule is CC(C)(C)OC(=O)C(N)c1ccc(CN(CC(=O)OC2CCCC2)C(=O)OCC2c3ccccc3-c3ccccc32)cc1. The summed E-state index contributed by atoms with van der Waals surface area (Å²) < 4.78 is 17.0. The zero-order valence-corrected chi connectivity index (χ0v) is 25.1. The van der Waals surface area contributed by atoms with Gasteiger partial charge in [-0.2, -0.15) is 0 Å². The number of nitrogens with zero attached hydrogens (tertiary/aromatic N) is 1. The third kappa shape index (κ3) is 7.43. The number of benzene rings is 3. The maximum atomic E-state index is 13.5. The van der Waals surface area contributed by atoms with E-state index in [9.17, 15) is 14.4 Å². The molecular formula is C35H40N2O6. The number of hydrogen-bond donors (Lipinski definition) is 1. The van der Waals surface area contributed by atoms with Crippen LogP contribution in [0.15, 0.2) is 72.8 Å². The Bertz CT molecular complexity index is 1410. The van der Waals surface area contributed by atoms with Crippen LogP contribution < -0.4 is 5.73 Å². The predicted octanol–water partition coefficient (Wildman–Crippen LogP) is 6.27. The molecule has 226 valence electrons. The minimum absolute atomic E-state index is 0.0998.